The molecule has 0 heterocycles. The van der Waals surface area contributed by atoms with E-state index in [0.29, 0.717) is 5.41 Å². The van der Waals surface area contributed by atoms with Gasteiger partial charge in [-0.25, -0.2) is 0 Å². The molecule has 0 aliphatic heterocycles. The molecule has 3 fully saturated rings. The van der Waals surface area contributed by atoms with Crippen LogP contribution in [-0.2, 0) is 9.47 Å². The topological polar surface area (TPSA) is 18.5 Å². The van der Waals surface area contributed by atoms with Gasteiger partial charge in [-0.05, 0) is 55.3 Å². The summed E-state index contributed by atoms with van der Waals surface area (Å²) in [6, 6.07) is 0. The molecule has 3 atom stereocenters. The summed E-state index contributed by atoms with van der Waals surface area (Å²) in [5, 5.41) is 0. The molecule has 0 spiro atoms. The zero-order valence-corrected chi connectivity index (χ0v) is 13.5. The van der Waals surface area contributed by atoms with Gasteiger partial charge in [0.15, 0.2) is 0 Å². The largest absolute Gasteiger partial charge is 0.384 e. The van der Waals surface area contributed by atoms with E-state index in [2.05, 4.69) is 20.8 Å². The van der Waals surface area contributed by atoms with Crippen LogP contribution in [0.1, 0.15) is 52.9 Å². The number of methoxy groups -OCH3 is 2. The van der Waals surface area contributed by atoms with Crippen molar-refractivity contribution in [3.8, 4) is 0 Å². The smallest absolute Gasteiger partial charge is 0.0540 e. The third-order valence-electron chi connectivity index (χ3n) is 6.35. The van der Waals surface area contributed by atoms with Gasteiger partial charge in [0.2, 0.25) is 0 Å². The molecule has 112 valence electrons. The molecule has 2 bridgehead atoms. The van der Waals surface area contributed by atoms with Crippen molar-refractivity contribution in [2.75, 3.05) is 27.4 Å². The number of ether oxygens (including phenoxy) is 2. The zero-order valence-electron chi connectivity index (χ0n) is 13.5. The molecule has 3 aliphatic rings. The van der Waals surface area contributed by atoms with E-state index in [0.717, 1.165) is 37.4 Å². The van der Waals surface area contributed by atoms with Gasteiger partial charge in [0.1, 0.15) is 0 Å². The summed E-state index contributed by atoms with van der Waals surface area (Å²) >= 11 is 0. The average molecular weight is 268 g/mol. The van der Waals surface area contributed by atoms with Gasteiger partial charge < -0.3 is 9.47 Å². The Morgan fingerprint density at radius 2 is 1.74 bits per heavy atom. The molecule has 3 rings (SSSR count). The molecule has 2 heteroatoms. The van der Waals surface area contributed by atoms with Gasteiger partial charge in [-0.2, -0.15) is 0 Å². The first-order valence-corrected chi connectivity index (χ1v) is 7.97. The minimum Gasteiger partial charge on any atom is -0.384 e. The molecule has 0 radical (unpaired) electrons. The number of rotatable bonds is 7. The van der Waals surface area contributed by atoms with Crippen molar-refractivity contribution in [3.05, 3.63) is 0 Å². The molecule has 3 saturated carbocycles. The van der Waals surface area contributed by atoms with Gasteiger partial charge in [0, 0.05) is 19.6 Å². The van der Waals surface area contributed by atoms with Crippen LogP contribution >= 0.6 is 0 Å². The average Bonchev–Trinajstić information content (AvgIpc) is 2.39. The van der Waals surface area contributed by atoms with Crippen LogP contribution in [0, 0.1) is 28.6 Å². The van der Waals surface area contributed by atoms with E-state index in [1.807, 2.05) is 14.2 Å². The van der Waals surface area contributed by atoms with Crippen molar-refractivity contribution < 1.29 is 9.47 Å². The molecular weight excluding hydrogens is 236 g/mol. The minimum atomic E-state index is 0.229. The maximum absolute atomic E-state index is 5.51. The van der Waals surface area contributed by atoms with Crippen LogP contribution in [0.3, 0.4) is 0 Å². The number of hydrogen-bond donors (Lipinski definition) is 0. The molecule has 19 heavy (non-hydrogen) atoms. The van der Waals surface area contributed by atoms with E-state index in [1.54, 1.807) is 0 Å². The number of hydrogen-bond acceptors (Lipinski definition) is 2. The quantitative estimate of drug-likeness (QED) is 0.691. The summed E-state index contributed by atoms with van der Waals surface area (Å²) in [6.07, 6.45) is 6.77. The lowest BCUT2D eigenvalue weighted by atomic mass is 9.44. The Morgan fingerprint density at radius 1 is 1.11 bits per heavy atom. The van der Waals surface area contributed by atoms with E-state index in [-0.39, 0.29) is 5.41 Å². The third kappa shape index (κ3) is 2.71. The molecule has 0 aromatic rings. The minimum absolute atomic E-state index is 0.229. The van der Waals surface area contributed by atoms with E-state index in [9.17, 15) is 0 Å². The normalized spacial score (nSPS) is 33.0. The second-order valence-corrected chi connectivity index (χ2v) is 7.62. The SMILES string of the molecule is CCC(COC)(COC)CC1CCC2CC1C2(C)C. The zero-order chi connectivity index (χ0) is 14.1. The van der Waals surface area contributed by atoms with Gasteiger partial charge >= 0.3 is 0 Å². The fourth-order valence-electron chi connectivity index (χ4n) is 4.88. The van der Waals surface area contributed by atoms with Crippen LogP contribution in [0.5, 0.6) is 0 Å². The lowest BCUT2D eigenvalue weighted by molar-refractivity contribution is -0.125. The fraction of sp³-hybridized carbons (Fsp3) is 1.00. The Kier molecular flexibility index (Phi) is 4.62. The van der Waals surface area contributed by atoms with E-state index < -0.39 is 0 Å². The first kappa shape index (κ1) is 15.3. The molecule has 3 unspecified atom stereocenters. The molecular formula is C17H32O2. The van der Waals surface area contributed by atoms with Gasteiger partial charge in [-0.1, -0.05) is 20.8 Å². The van der Waals surface area contributed by atoms with Crippen molar-refractivity contribution in [1.82, 2.24) is 0 Å². The highest BCUT2D eigenvalue weighted by atomic mass is 16.5. The highest BCUT2D eigenvalue weighted by molar-refractivity contribution is 5.04. The fourth-order valence-corrected chi connectivity index (χ4v) is 4.88. The summed E-state index contributed by atoms with van der Waals surface area (Å²) in [6.45, 7) is 8.93. The van der Waals surface area contributed by atoms with Crippen LogP contribution in [0.25, 0.3) is 0 Å². The maximum Gasteiger partial charge on any atom is 0.0540 e. The molecule has 0 aromatic heterocycles. The summed E-state index contributed by atoms with van der Waals surface area (Å²) in [5.41, 5.74) is 0.815. The van der Waals surface area contributed by atoms with Gasteiger partial charge in [0.25, 0.3) is 0 Å². The maximum atomic E-state index is 5.51. The van der Waals surface area contributed by atoms with Gasteiger partial charge in [0.05, 0.1) is 13.2 Å². The van der Waals surface area contributed by atoms with Crippen molar-refractivity contribution in [2.24, 2.45) is 28.6 Å². The molecule has 0 saturated heterocycles. The monoisotopic (exact) mass is 268 g/mol. The van der Waals surface area contributed by atoms with Crippen molar-refractivity contribution in [1.29, 1.82) is 0 Å². The van der Waals surface area contributed by atoms with Crippen molar-refractivity contribution >= 4 is 0 Å². The Bertz CT molecular complexity index is 290. The highest BCUT2D eigenvalue weighted by Crippen LogP contribution is 2.63. The second kappa shape index (κ2) is 5.73. The van der Waals surface area contributed by atoms with Gasteiger partial charge in [-0.3, -0.25) is 0 Å². The van der Waals surface area contributed by atoms with Crippen LogP contribution in [0.15, 0.2) is 0 Å². The van der Waals surface area contributed by atoms with Crippen LogP contribution in [0.4, 0.5) is 0 Å². The summed E-state index contributed by atoms with van der Waals surface area (Å²) < 4.78 is 11.0. The predicted molar refractivity (Wildman–Crippen MR) is 79.2 cm³/mol. The van der Waals surface area contributed by atoms with E-state index in [4.69, 9.17) is 9.47 Å². The Labute approximate surface area is 119 Å². The standard InChI is InChI=1S/C17H32O2/c1-6-17(11-18-4,12-19-5)10-13-7-8-14-9-15(13)16(14,2)3/h13-15H,6-12H2,1-5H3. The Morgan fingerprint density at radius 3 is 2.16 bits per heavy atom. The molecule has 0 N–H and O–H groups in total. The molecule has 0 amide bonds. The Hall–Kier alpha value is -0.0800. The first-order chi connectivity index (χ1) is 8.99. The second-order valence-electron chi connectivity index (χ2n) is 7.62. The molecule has 3 aliphatic carbocycles. The van der Waals surface area contributed by atoms with E-state index >= 15 is 0 Å². The third-order valence-corrected chi connectivity index (χ3v) is 6.35. The Balaban J connectivity index is 2.04. The predicted octanol–water partition coefficient (Wildman–Crippen LogP) is 4.14. The van der Waals surface area contributed by atoms with Crippen LogP contribution in [-0.4, -0.2) is 27.4 Å². The molecule has 0 aromatic carbocycles. The van der Waals surface area contributed by atoms with Crippen LogP contribution in [0.2, 0.25) is 0 Å². The van der Waals surface area contributed by atoms with Gasteiger partial charge in [-0.15, -0.1) is 0 Å². The lowest BCUT2D eigenvalue weighted by Gasteiger charge is -2.61. The molecule has 2 nitrogen and oxygen atoms in total. The summed E-state index contributed by atoms with van der Waals surface area (Å²) in [7, 11) is 3.65. The summed E-state index contributed by atoms with van der Waals surface area (Å²) in [5.74, 6) is 2.81. The lowest BCUT2D eigenvalue weighted by Crippen LogP contribution is -2.53. The summed E-state index contributed by atoms with van der Waals surface area (Å²) in [4.78, 5) is 0. The first-order valence-electron chi connectivity index (χ1n) is 7.97. The van der Waals surface area contributed by atoms with E-state index in [1.165, 1.54) is 25.7 Å². The highest BCUT2D eigenvalue weighted by Gasteiger charge is 2.55. The van der Waals surface area contributed by atoms with Crippen molar-refractivity contribution in [3.63, 3.8) is 0 Å². The number of fused-ring (bicyclic) bond motifs is 2. The van der Waals surface area contributed by atoms with Crippen LogP contribution < -0.4 is 0 Å². The van der Waals surface area contributed by atoms with Crippen molar-refractivity contribution in [2.45, 2.75) is 52.9 Å².